The zero-order valence-electron chi connectivity index (χ0n) is 13.2. The molecule has 3 rings (SSSR count). The van der Waals surface area contributed by atoms with Crippen molar-refractivity contribution in [3.8, 4) is 5.69 Å². The molecule has 0 fully saturated rings. The van der Waals surface area contributed by atoms with Crippen LogP contribution in [-0.4, -0.2) is 30.4 Å². The van der Waals surface area contributed by atoms with Crippen molar-refractivity contribution in [1.29, 1.82) is 0 Å². The van der Waals surface area contributed by atoms with Crippen LogP contribution in [0.2, 0.25) is 0 Å². The fourth-order valence-corrected chi connectivity index (χ4v) is 2.83. The minimum atomic E-state index is -3.51. The lowest BCUT2D eigenvalue weighted by molar-refractivity contribution is 0.102. The van der Waals surface area contributed by atoms with Gasteiger partial charge in [-0.1, -0.05) is 18.2 Å². The molecular weight excluding hydrogens is 345 g/mol. The Morgan fingerprint density at radius 2 is 1.84 bits per heavy atom. The number of halogens is 1. The molecule has 25 heavy (non-hydrogen) atoms. The molecule has 0 aliphatic rings. The highest BCUT2D eigenvalue weighted by Gasteiger charge is 2.15. The number of amides is 1. The van der Waals surface area contributed by atoms with Crippen LogP contribution in [0.25, 0.3) is 5.69 Å². The predicted octanol–water partition coefficient (Wildman–Crippen LogP) is 2.67. The summed E-state index contributed by atoms with van der Waals surface area (Å²) in [6, 6.07) is 13.9. The van der Waals surface area contributed by atoms with Gasteiger partial charge < -0.3 is 5.32 Å². The van der Waals surface area contributed by atoms with Crippen LogP contribution >= 0.6 is 0 Å². The van der Waals surface area contributed by atoms with Gasteiger partial charge in [0.25, 0.3) is 5.91 Å². The Morgan fingerprint density at radius 3 is 2.52 bits per heavy atom. The molecule has 128 valence electrons. The largest absolute Gasteiger partial charge is 0.318 e. The number of rotatable bonds is 4. The molecule has 2 aromatic carbocycles. The maximum atomic E-state index is 13.9. The van der Waals surface area contributed by atoms with Gasteiger partial charge in [0, 0.05) is 12.5 Å². The predicted molar refractivity (Wildman–Crippen MR) is 91.0 cm³/mol. The normalized spacial score (nSPS) is 11.3. The molecule has 0 saturated heterocycles. The van der Waals surface area contributed by atoms with E-state index in [2.05, 4.69) is 10.4 Å². The van der Waals surface area contributed by atoms with Gasteiger partial charge in [-0.15, -0.1) is 0 Å². The van der Waals surface area contributed by atoms with Crippen LogP contribution in [0.1, 0.15) is 10.5 Å². The SMILES string of the molecule is CS(=O)(=O)c1ccc(F)c(NC(=O)c2ccn(-c3ccccc3)n2)c1. The standard InChI is InChI=1S/C17H14FN3O3S/c1-25(23,24)13-7-8-14(18)16(11-13)19-17(22)15-9-10-21(20-15)12-5-3-2-4-6-12/h2-11H,1H3,(H,19,22). The molecular formula is C17H14FN3O3S. The van der Waals surface area contributed by atoms with Gasteiger partial charge in [0.15, 0.2) is 15.5 Å². The molecule has 0 atom stereocenters. The highest BCUT2D eigenvalue weighted by Crippen LogP contribution is 2.20. The molecule has 1 aromatic heterocycles. The van der Waals surface area contributed by atoms with E-state index in [-0.39, 0.29) is 16.3 Å². The van der Waals surface area contributed by atoms with Crippen molar-refractivity contribution >= 4 is 21.4 Å². The molecule has 8 heteroatoms. The first-order valence-electron chi connectivity index (χ1n) is 7.26. The third kappa shape index (κ3) is 3.74. The van der Waals surface area contributed by atoms with Crippen LogP contribution in [0.15, 0.2) is 65.7 Å². The number of aromatic nitrogens is 2. The Morgan fingerprint density at radius 1 is 1.12 bits per heavy atom. The summed E-state index contributed by atoms with van der Waals surface area (Å²) in [6.07, 6.45) is 2.61. The first-order valence-corrected chi connectivity index (χ1v) is 9.16. The van der Waals surface area contributed by atoms with Crippen LogP contribution in [0, 0.1) is 5.82 Å². The number of hydrogen-bond acceptors (Lipinski definition) is 4. The lowest BCUT2D eigenvalue weighted by atomic mass is 10.3. The van der Waals surface area contributed by atoms with Crippen molar-refractivity contribution in [3.05, 3.63) is 72.3 Å². The van der Waals surface area contributed by atoms with Gasteiger partial charge in [-0.2, -0.15) is 5.10 Å². The van der Waals surface area contributed by atoms with Crippen molar-refractivity contribution in [1.82, 2.24) is 9.78 Å². The maximum Gasteiger partial charge on any atom is 0.276 e. The van der Waals surface area contributed by atoms with Crippen LogP contribution in [0.3, 0.4) is 0 Å². The number of carbonyl (C=O) groups is 1. The topological polar surface area (TPSA) is 81.1 Å². The number of nitrogens with zero attached hydrogens (tertiary/aromatic N) is 2. The van der Waals surface area contributed by atoms with Crippen molar-refractivity contribution in [3.63, 3.8) is 0 Å². The number of sulfone groups is 1. The number of hydrogen-bond donors (Lipinski definition) is 1. The fraction of sp³-hybridized carbons (Fsp3) is 0.0588. The zero-order valence-corrected chi connectivity index (χ0v) is 14.0. The molecule has 0 unspecified atom stereocenters. The summed E-state index contributed by atoms with van der Waals surface area (Å²) in [5, 5.41) is 6.49. The number of carbonyl (C=O) groups excluding carboxylic acids is 1. The van der Waals surface area contributed by atoms with Crippen molar-refractivity contribution < 1.29 is 17.6 Å². The van der Waals surface area contributed by atoms with Crippen LogP contribution in [-0.2, 0) is 9.84 Å². The van der Waals surface area contributed by atoms with Gasteiger partial charge in [0.05, 0.1) is 16.3 Å². The van der Waals surface area contributed by atoms with E-state index in [1.54, 1.807) is 6.20 Å². The number of nitrogens with one attached hydrogen (secondary N) is 1. The molecule has 0 aliphatic carbocycles. The highest BCUT2D eigenvalue weighted by molar-refractivity contribution is 7.90. The van der Waals surface area contributed by atoms with Gasteiger partial charge in [-0.25, -0.2) is 17.5 Å². The van der Waals surface area contributed by atoms with E-state index in [1.165, 1.54) is 10.7 Å². The molecule has 0 saturated carbocycles. The van der Waals surface area contributed by atoms with Crippen molar-refractivity contribution in [2.45, 2.75) is 4.90 Å². The van der Waals surface area contributed by atoms with E-state index in [9.17, 15) is 17.6 Å². The first-order chi connectivity index (χ1) is 11.8. The Balaban J connectivity index is 1.85. The molecule has 0 spiro atoms. The molecule has 0 radical (unpaired) electrons. The van der Waals surface area contributed by atoms with Crippen LogP contribution in [0.4, 0.5) is 10.1 Å². The lowest BCUT2D eigenvalue weighted by Gasteiger charge is -2.07. The van der Waals surface area contributed by atoms with Crippen LogP contribution in [0.5, 0.6) is 0 Å². The Bertz CT molecular complexity index is 1030. The summed E-state index contributed by atoms with van der Waals surface area (Å²) < 4.78 is 38.5. The number of anilines is 1. The van der Waals surface area contributed by atoms with Crippen LogP contribution < -0.4 is 5.32 Å². The van der Waals surface area contributed by atoms with Gasteiger partial charge >= 0.3 is 0 Å². The molecule has 0 bridgehead atoms. The second-order valence-electron chi connectivity index (χ2n) is 5.35. The van der Waals surface area contributed by atoms with E-state index in [4.69, 9.17) is 0 Å². The first kappa shape index (κ1) is 16.8. The minimum Gasteiger partial charge on any atom is -0.318 e. The van der Waals surface area contributed by atoms with E-state index >= 15 is 0 Å². The monoisotopic (exact) mass is 359 g/mol. The summed E-state index contributed by atoms with van der Waals surface area (Å²) in [5.41, 5.74) is 0.627. The third-order valence-electron chi connectivity index (χ3n) is 3.46. The van der Waals surface area contributed by atoms with E-state index in [0.717, 1.165) is 30.1 Å². The molecule has 6 nitrogen and oxygen atoms in total. The van der Waals surface area contributed by atoms with Gasteiger partial charge in [-0.3, -0.25) is 4.79 Å². The Kier molecular flexibility index (Phi) is 4.37. The summed E-state index contributed by atoms with van der Waals surface area (Å²) in [6.45, 7) is 0. The van der Waals surface area contributed by atoms with Gasteiger partial charge in [-0.05, 0) is 36.4 Å². The second-order valence-corrected chi connectivity index (χ2v) is 7.36. The van der Waals surface area contributed by atoms with E-state index < -0.39 is 21.6 Å². The lowest BCUT2D eigenvalue weighted by Crippen LogP contribution is -2.14. The van der Waals surface area contributed by atoms with Gasteiger partial charge in [0.2, 0.25) is 0 Å². The molecule has 1 heterocycles. The van der Waals surface area contributed by atoms with Crippen molar-refractivity contribution in [2.75, 3.05) is 11.6 Å². The van der Waals surface area contributed by atoms with Crippen molar-refractivity contribution in [2.24, 2.45) is 0 Å². The van der Waals surface area contributed by atoms with Gasteiger partial charge in [0.1, 0.15) is 5.82 Å². The highest BCUT2D eigenvalue weighted by atomic mass is 32.2. The Hall–Kier alpha value is -3.00. The number of para-hydroxylation sites is 1. The summed E-state index contributed by atoms with van der Waals surface area (Å²) in [5.74, 6) is -1.37. The summed E-state index contributed by atoms with van der Waals surface area (Å²) in [4.78, 5) is 12.2. The second kappa shape index (κ2) is 6.48. The molecule has 1 amide bonds. The van der Waals surface area contributed by atoms with E-state index in [0.29, 0.717) is 0 Å². The average molecular weight is 359 g/mol. The number of benzene rings is 2. The quantitative estimate of drug-likeness (QED) is 0.726. The summed E-state index contributed by atoms with van der Waals surface area (Å²) >= 11 is 0. The molecule has 1 N–H and O–H groups in total. The summed E-state index contributed by atoms with van der Waals surface area (Å²) in [7, 11) is -3.51. The smallest absolute Gasteiger partial charge is 0.276 e. The average Bonchev–Trinajstić information content (AvgIpc) is 3.07. The third-order valence-corrected chi connectivity index (χ3v) is 4.57. The zero-order chi connectivity index (χ0) is 18.0. The Labute approximate surface area is 143 Å². The maximum absolute atomic E-state index is 13.9. The molecule has 3 aromatic rings. The van der Waals surface area contributed by atoms with E-state index in [1.807, 2.05) is 30.3 Å². The molecule has 0 aliphatic heterocycles. The minimum absolute atomic E-state index is 0.0769. The fourth-order valence-electron chi connectivity index (χ4n) is 2.19.